The molecule has 0 bridgehead atoms. The summed E-state index contributed by atoms with van der Waals surface area (Å²) in [5, 5.41) is 2.97. The second-order valence-corrected chi connectivity index (χ2v) is 5.50. The molecule has 1 aromatic carbocycles. The molecule has 1 aliphatic rings. The van der Waals surface area contributed by atoms with Crippen LogP contribution in [-0.4, -0.2) is 20.6 Å². The Bertz CT molecular complexity index is 525. The third-order valence-electron chi connectivity index (χ3n) is 2.41. The standard InChI is InChI=1S/C10H12N2O3S/c1-16(14,15)12-10(13)9-8-5-3-2-4-7(8)6-11-9/h2-5,9,11H,6H2,1H3,(H,12,13). The third-order valence-corrected chi connectivity index (χ3v) is 2.98. The lowest BCUT2D eigenvalue weighted by atomic mass is 10.1. The molecule has 6 heteroatoms. The van der Waals surface area contributed by atoms with E-state index in [1.165, 1.54) is 0 Å². The number of carbonyl (C=O) groups is 1. The van der Waals surface area contributed by atoms with E-state index in [0.29, 0.717) is 6.54 Å². The average Bonchev–Trinajstić information content (AvgIpc) is 2.58. The minimum Gasteiger partial charge on any atom is -0.298 e. The summed E-state index contributed by atoms with van der Waals surface area (Å²) in [5.41, 5.74) is 1.86. The summed E-state index contributed by atoms with van der Waals surface area (Å²) >= 11 is 0. The highest BCUT2D eigenvalue weighted by atomic mass is 32.2. The van der Waals surface area contributed by atoms with Gasteiger partial charge in [-0.15, -0.1) is 0 Å². The molecule has 1 heterocycles. The van der Waals surface area contributed by atoms with E-state index in [2.05, 4.69) is 5.32 Å². The minimum atomic E-state index is -3.50. The Kier molecular flexibility index (Phi) is 2.69. The monoisotopic (exact) mass is 240 g/mol. The van der Waals surface area contributed by atoms with Crippen molar-refractivity contribution in [2.75, 3.05) is 6.26 Å². The summed E-state index contributed by atoms with van der Waals surface area (Å²) < 4.78 is 23.9. The van der Waals surface area contributed by atoms with Crippen LogP contribution in [0.3, 0.4) is 0 Å². The first kappa shape index (κ1) is 11.1. The Morgan fingerprint density at radius 1 is 1.44 bits per heavy atom. The van der Waals surface area contributed by atoms with Gasteiger partial charge in [-0.25, -0.2) is 8.42 Å². The molecule has 1 aliphatic heterocycles. The van der Waals surface area contributed by atoms with Gasteiger partial charge in [-0.1, -0.05) is 24.3 Å². The molecule has 1 aromatic rings. The first-order valence-corrected chi connectivity index (χ1v) is 6.69. The molecule has 0 spiro atoms. The maximum Gasteiger partial charge on any atom is 0.255 e. The predicted molar refractivity (Wildman–Crippen MR) is 59.0 cm³/mol. The van der Waals surface area contributed by atoms with Gasteiger partial charge in [0, 0.05) is 6.54 Å². The molecule has 0 fully saturated rings. The average molecular weight is 240 g/mol. The van der Waals surface area contributed by atoms with Crippen LogP contribution >= 0.6 is 0 Å². The largest absolute Gasteiger partial charge is 0.298 e. The van der Waals surface area contributed by atoms with Crippen molar-refractivity contribution in [3.63, 3.8) is 0 Å². The van der Waals surface area contributed by atoms with E-state index in [4.69, 9.17) is 0 Å². The summed E-state index contributed by atoms with van der Waals surface area (Å²) in [4.78, 5) is 11.7. The highest BCUT2D eigenvalue weighted by Crippen LogP contribution is 2.24. The van der Waals surface area contributed by atoms with Gasteiger partial charge in [0.05, 0.1) is 6.26 Å². The van der Waals surface area contributed by atoms with E-state index in [9.17, 15) is 13.2 Å². The topological polar surface area (TPSA) is 75.3 Å². The number of hydrogen-bond acceptors (Lipinski definition) is 4. The van der Waals surface area contributed by atoms with Crippen molar-refractivity contribution in [2.45, 2.75) is 12.6 Å². The van der Waals surface area contributed by atoms with E-state index in [1.807, 2.05) is 29.0 Å². The first-order chi connectivity index (χ1) is 7.47. The molecule has 2 N–H and O–H groups in total. The molecule has 0 aromatic heterocycles. The number of rotatable bonds is 2. The smallest absolute Gasteiger partial charge is 0.255 e. The number of sulfonamides is 1. The molecule has 0 radical (unpaired) electrons. The Balaban J connectivity index is 2.23. The molecule has 1 unspecified atom stereocenters. The van der Waals surface area contributed by atoms with E-state index in [0.717, 1.165) is 17.4 Å². The number of benzene rings is 1. The van der Waals surface area contributed by atoms with Crippen molar-refractivity contribution < 1.29 is 13.2 Å². The molecule has 0 saturated carbocycles. The summed E-state index contributed by atoms with van der Waals surface area (Å²) in [5.74, 6) is -0.535. The fraction of sp³-hybridized carbons (Fsp3) is 0.300. The molecule has 16 heavy (non-hydrogen) atoms. The second-order valence-electron chi connectivity index (χ2n) is 3.75. The van der Waals surface area contributed by atoms with Crippen molar-refractivity contribution in [1.82, 2.24) is 10.0 Å². The molecular formula is C10H12N2O3S. The van der Waals surface area contributed by atoms with Gasteiger partial charge in [-0.05, 0) is 11.1 Å². The molecule has 1 atom stereocenters. The summed E-state index contributed by atoms with van der Waals surface area (Å²) in [6, 6.07) is 6.87. The van der Waals surface area contributed by atoms with Crippen LogP contribution in [0.5, 0.6) is 0 Å². The van der Waals surface area contributed by atoms with E-state index < -0.39 is 22.0 Å². The maximum absolute atomic E-state index is 11.7. The molecule has 2 rings (SSSR count). The van der Waals surface area contributed by atoms with Crippen molar-refractivity contribution in [3.05, 3.63) is 35.4 Å². The van der Waals surface area contributed by atoms with Gasteiger partial charge in [0.25, 0.3) is 5.91 Å². The van der Waals surface area contributed by atoms with E-state index >= 15 is 0 Å². The van der Waals surface area contributed by atoms with Crippen LogP contribution in [0.1, 0.15) is 17.2 Å². The quantitative estimate of drug-likeness (QED) is 0.757. The summed E-state index contributed by atoms with van der Waals surface area (Å²) in [6.07, 6.45) is 0.964. The zero-order valence-electron chi connectivity index (χ0n) is 8.73. The number of fused-ring (bicyclic) bond motifs is 1. The lowest BCUT2D eigenvalue weighted by Crippen LogP contribution is -2.37. The normalized spacial score (nSPS) is 19.2. The number of carbonyl (C=O) groups excluding carboxylic acids is 1. The SMILES string of the molecule is CS(=O)(=O)NC(=O)C1NCc2ccccc21. The van der Waals surface area contributed by atoms with Crippen LogP contribution < -0.4 is 10.0 Å². The molecule has 5 nitrogen and oxygen atoms in total. The number of nitrogens with one attached hydrogen (secondary N) is 2. The van der Waals surface area contributed by atoms with Crippen molar-refractivity contribution in [2.24, 2.45) is 0 Å². The van der Waals surface area contributed by atoms with Crippen molar-refractivity contribution in [3.8, 4) is 0 Å². The Hall–Kier alpha value is -1.40. The predicted octanol–water partition coefficient (Wildman–Crippen LogP) is -0.0933. The van der Waals surface area contributed by atoms with Crippen LogP contribution in [0.25, 0.3) is 0 Å². The summed E-state index contributed by atoms with van der Waals surface area (Å²) in [7, 11) is -3.50. The zero-order chi connectivity index (χ0) is 11.8. The van der Waals surface area contributed by atoms with Crippen LogP contribution in [0.2, 0.25) is 0 Å². The Morgan fingerprint density at radius 3 is 2.81 bits per heavy atom. The molecule has 1 amide bonds. The van der Waals surface area contributed by atoms with Gasteiger partial charge in [-0.2, -0.15) is 0 Å². The van der Waals surface area contributed by atoms with Crippen LogP contribution in [0, 0.1) is 0 Å². The number of hydrogen-bond donors (Lipinski definition) is 2. The molecule has 0 saturated heterocycles. The molecule has 0 aliphatic carbocycles. The van der Waals surface area contributed by atoms with Crippen molar-refractivity contribution >= 4 is 15.9 Å². The van der Waals surface area contributed by atoms with Crippen LogP contribution in [0.15, 0.2) is 24.3 Å². The Morgan fingerprint density at radius 2 is 2.12 bits per heavy atom. The van der Waals surface area contributed by atoms with Crippen LogP contribution in [-0.2, 0) is 21.4 Å². The minimum absolute atomic E-state index is 0.535. The third kappa shape index (κ3) is 2.23. The molecular weight excluding hydrogens is 228 g/mol. The van der Waals surface area contributed by atoms with Gasteiger partial charge in [0.2, 0.25) is 10.0 Å². The van der Waals surface area contributed by atoms with Gasteiger partial charge in [-0.3, -0.25) is 14.8 Å². The second kappa shape index (κ2) is 3.88. The fourth-order valence-electron chi connectivity index (χ4n) is 1.77. The van der Waals surface area contributed by atoms with Gasteiger partial charge >= 0.3 is 0 Å². The lowest BCUT2D eigenvalue weighted by Gasteiger charge is -2.11. The summed E-state index contributed by atoms with van der Waals surface area (Å²) in [6.45, 7) is 0.581. The first-order valence-electron chi connectivity index (χ1n) is 4.80. The molecule has 86 valence electrons. The van der Waals surface area contributed by atoms with Gasteiger partial charge in [0.1, 0.15) is 6.04 Å². The number of amides is 1. The highest BCUT2D eigenvalue weighted by Gasteiger charge is 2.28. The zero-order valence-corrected chi connectivity index (χ0v) is 9.54. The fourth-order valence-corrected chi connectivity index (χ4v) is 2.26. The van der Waals surface area contributed by atoms with E-state index in [1.54, 1.807) is 0 Å². The van der Waals surface area contributed by atoms with Crippen molar-refractivity contribution in [1.29, 1.82) is 0 Å². The highest BCUT2D eigenvalue weighted by molar-refractivity contribution is 7.89. The van der Waals surface area contributed by atoms with Gasteiger partial charge in [0.15, 0.2) is 0 Å². The van der Waals surface area contributed by atoms with Crippen LogP contribution in [0.4, 0.5) is 0 Å². The Labute approximate surface area is 93.9 Å². The maximum atomic E-state index is 11.7. The van der Waals surface area contributed by atoms with E-state index in [-0.39, 0.29) is 0 Å². The lowest BCUT2D eigenvalue weighted by molar-refractivity contribution is -0.121. The van der Waals surface area contributed by atoms with Gasteiger partial charge < -0.3 is 0 Å².